The molecule has 3 aliphatic carbocycles. The largest absolute Gasteiger partial charge is 0.179 e. The maximum absolute atomic E-state index is 2.71. The fourth-order valence-electron chi connectivity index (χ4n) is 16.7. The van der Waals surface area contributed by atoms with Gasteiger partial charge in [0.1, 0.15) is 0 Å². The van der Waals surface area contributed by atoms with Gasteiger partial charge in [-0.05, 0) is 147 Å². The van der Waals surface area contributed by atoms with Crippen LogP contribution in [0.2, 0.25) is 0 Å². The van der Waals surface area contributed by atoms with Gasteiger partial charge in [-0.15, -0.1) is 0 Å². The number of rotatable bonds is 15. The fraction of sp³-hybridized carbons (Fsp3) is 0.0217. The van der Waals surface area contributed by atoms with Gasteiger partial charge in [-0.3, -0.25) is 0 Å². The van der Waals surface area contributed by atoms with Gasteiger partial charge in [0.2, 0.25) is 0 Å². The zero-order valence-electron chi connectivity index (χ0n) is 52.8. The Morgan fingerprint density at radius 1 is 0.126 bits per heavy atom. The van der Waals surface area contributed by atoms with E-state index in [0.717, 1.165) is 0 Å². The fourth-order valence-corrected chi connectivity index (χ4v) is 31.0. The summed E-state index contributed by atoms with van der Waals surface area (Å²) in [5.41, 5.74) is 15.8. The van der Waals surface area contributed by atoms with E-state index in [-0.39, 0.29) is 11.8 Å². The summed E-state index contributed by atoms with van der Waals surface area (Å²) in [6.07, 6.45) is 0. The van der Waals surface area contributed by atoms with E-state index in [2.05, 4.69) is 400 Å². The van der Waals surface area contributed by atoms with E-state index >= 15 is 0 Å². The molecule has 0 heterocycles. The molecule has 448 valence electrons. The van der Waals surface area contributed by atoms with E-state index in [4.69, 9.17) is 0 Å². The molecular weight excluding hydrogens is 1190 g/mol. The van der Waals surface area contributed by atoms with Crippen molar-refractivity contribution in [3.05, 3.63) is 434 Å². The molecule has 0 fully saturated rings. The number of hydrogen-bond acceptors (Lipinski definition) is 0. The summed E-state index contributed by atoms with van der Waals surface area (Å²) in [4.78, 5) is 0. The van der Waals surface area contributed by atoms with Crippen LogP contribution >= 0.6 is 0 Å². The molecule has 0 saturated carbocycles. The van der Waals surface area contributed by atoms with Crippen molar-refractivity contribution in [2.45, 2.75) is 11.8 Å². The summed E-state index contributed by atoms with van der Waals surface area (Å²) < 4.78 is 0. The molecule has 0 N–H and O–H groups in total. The first-order valence-corrected chi connectivity index (χ1v) is 39.4. The summed E-state index contributed by atoms with van der Waals surface area (Å²) in [6.45, 7) is 0. The molecule has 18 rings (SSSR count). The Morgan fingerprint density at radius 2 is 0.274 bits per heavy atom. The van der Waals surface area contributed by atoms with Crippen LogP contribution in [-0.4, -0.2) is 24.2 Å². The highest BCUT2D eigenvalue weighted by Gasteiger charge is 2.46. The van der Waals surface area contributed by atoms with Crippen molar-refractivity contribution in [2.24, 2.45) is 0 Å². The van der Waals surface area contributed by atoms with E-state index in [1.165, 1.54) is 129 Å². The third-order valence-corrected chi connectivity index (χ3v) is 35.3. The third kappa shape index (κ3) is 9.60. The van der Waals surface area contributed by atoms with Crippen molar-refractivity contribution in [1.29, 1.82) is 0 Å². The lowest BCUT2D eigenvalue weighted by atomic mass is 9.60. The summed E-state index contributed by atoms with van der Waals surface area (Å²) in [6, 6.07) is 152. The van der Waals surface area contributed by atoms with Gasteiger partial charge in [-0.2, -0.15) is 0 Å². The van der Waals surface area contributed by atoms with Crippen molar-refractivity contribution in [3.63, 3.8) is 0 Å². The first kappa shape index (κ1) is 57.8. The van der Waals surface area contributed by atoms with Gasteiger partial charge in [0, 0.05) is 11.8 Å². The lowest BCUT2D eigenvalue weighted by molar-refractivity contribution is 0.755. The zero-order valence-corrected chi connectivity index (χ0v) is 55.8. The molecule has 0 nitrogen and oxygen atoms in total. The van der Waals surface area contributed by atoms with Crippen LogP contribution < -0.4 is 62.2 Å². The second kappa shape index (κ2) is 24.4. The highest BCUT2D eigenvalue weighted by Crippen LogP contribution is 2.57. The van der Waals surface area contributed by atoms with Crippen molar-refractivity contribution >= 4 is 86.5 Å². The average Bonchev–Trinajstić information content (AvgIpc) is 0.716. The molecule has 15 aromatic rings. The monoisotopic (exact) mass is 1260 g/mol. The minimum Gasteiger partial charge on any atom is -0.0623 e. The van der Waals surface area contributed by atoms with Crippen LogP contribution in [0.1, 0.15) is 45.2 Å². The molecule has 2 bridgehead atoms. The van der Waals surface area contributed by atoms with Crippen molar-refractivity contribution in [1.82, 2.24) is 0 Å². The highest BCUT2D eigenvalue weighted by atomic mass is 28.3. The molecule has 0 aliphatic heterocycles. The van der Waals surface area contributed by atoms with Crippen LogP contribution in [0.15, 0.2) is 400 Å². The van der Waals surface area contributed by atoms with E-state index < -0.39 is 24.2 Å². The smallest absolute Gasteiger partial charge is 0.0623 e. The summed E-state index contributed by atoms with van der Waals surface area (Å²) in [7, 11) is -8.12. The molecule has 95 heavy (non-hydrogen) atoms. The second-order valence-corrected chi connectivity index (χ2v) is 37.1. The average molecular weight is 1260 g/mol. The minimum atomic E-state index is -2.71. The predicted octanol–water partition coefficient (Wildman–Crippen LogP) is 13.8. The van der Waals surface area contributed by atoms with E-state index in [9.17, 15) is 0 Å². The Labute approximate surface area is 561 Å². The Balaban J connectivity index is 0.786. The summed E-state index contributed by atoms with van der Waals surface area (Å²) in [5, 5.41) is 16.5. The van der Waals surface area contributed by atoms with Crippen LogP contribution in [0.4, 0.5) is 0 Å². The molecule has 0 unspecified atom stereocenters. The zero-order chi connectivity index (χ0) is 63.2. The van der Waals surface area contributed by atoms with Gasteiger partial charge in [0.15, 0.2) is 24.2 Å². The van der Waals surface area contributed by atoms with Gasteiger partial charge in [-0.25, -0.2) is 0 Å². The summed E-state index contributed by atoms with van der Waals surface area (Å²) in [5.74, 6) is 0.0949. The predicted molar refractivity (Wildman–Crippen MR) is 408 cm³/mol. The van der Waals surface area contributed by atoms with Gasteiger partial charge < -0.3 is 0 Å². The maximum Gasteiger partial charge on any atom is 0.179 e. The second-order valence-electron chi connectivity index (χ2n) is 25.7. The van der Waals surface area contributed by atoms with E-state index in [1.54, 1.807) is 0 Å². The molecule has 0 radical (unpaired) electrons. The van der Waals surface area contributed by atoms with Gasteiger partial charge >= 0.3 is 0 Å². The Morgan fingerprint density at radius 3 is 0.453 bits per heavy atom. The number of benzene rings is 15. The van der Waals surface area contributed by atoms with Crippen LogP contribution in [0.25, 0.3) is 33.4 Å². The van der Waals surface area contributed by atoms with Crippen molar-refractivity contribution in [2.75, 3.05) is 0 Å². The normalized spacial score (nSPS) is 13.9. The van der Waals surface area contributed by atoms with Crippen LogP contribution in [-0.2, 0) is 0 Å². The lowest BCUT2D eigenvalue weighted by Crippen LogP contribution is -2.74. The quantitative estimate of drug-likeness (QED) is 0.0709. The SMILES string of the molecule is c1ccc([Si](c2ccccc2)(c2ccccc2)c2ccc(-c3ccc4c(c3)C3c5ccc(-c6ccc([Si](c7ccccc7)(c7ccccc7)c7ccccc7)cc6)cc5C4c4cc(-c5ccc([Si](c6ccccc6)(c6ccccc6)c6ccccc6)cc5)ccc43)cc2)cc1. The maximum atomic E-state index is 2.54. The molecular formula is C92H68Si3. The van der Waals surface area contributed by atoms with E-state index in [0.29, 0.717) is 0 Å². The summed E-state index contributed by atoms with van der Waals surface area (Å²) >= 11 is 0. The van der Waals surface area contributed by atoms with Crippen molar-refractivity contribution < 1.29 is 0 Å². The van der Waals surface area contributed by atoms with Crippen LogP contribution in [0.3, 0.4) is 0 Å². The molecule has 3 aliphatic rings. The topological polar surface area (TPSA) is 0 Å². The highest BCUT2D eigenvalue weighted by molar-refractivity contribution is 7.21. The van der Waals surface area contributed by atoms with E-state index in [1.807, 2.05) is 0 Å². The Hall–Kier alpha value is -11.0. The standard InChI is InChI=1S/C92H68Si3/c1-10-28-73(29-11-1)93(74-30-12-2-13-31-74,75-32-14-3-15-33-75)82-55-46-67(47-56-82)70-54-63-87-88(64-70)91-85-61-52-71(68-48-57-83(58-49-68)94(76-34-16-4-17-35-76,77-36-18-5-19-37-77)78-38-20-6-21-39-78)65-89(85)92(87)90-66-72(53-62-86(90)91)69-50-59-84(60-51-69)95(79-40-22-7-23-41-79,80-42-24-8-25-43-80)81-44-26-9-27-45-81/h1-66,91-92H. The first-order valence-electron chi connectivity index (χ1n) is 33.4. The minimum absolute atomic E-state index is 0.0349. The molecule has 0 spiro atoms. The Kier molecular flexibility index (Phi) is 14.9. The van der Waals surface area contributed by atoms with Crippen molar-refractivity contribution in [3.8, 4) is 33.4 Å². The molecule has 3 heteroatoms. The molecule has 0 amide bonds. The molecule has 0 aromatic heterocycles. The van der Waals surface area contributed by atoms with Gasteiger partial charge in [-0.1, -0.05) is 382 Å². The first-order chi connectivity index (χ1) is 47.1. The molecule has 0 saturated heterocycles. The van der Waals surface area contributed by atoms with Crippen LogP contribution in [0, 0.1) is 0 Å². The third-order valence-electron chi connectivity index (χ3n) is 20.9. The van der Waals surface area contributed by atoms with Gasteiger partial charge in [0.25, 0.3) is 0 Å². The molecule has 0 atom stereocenters. The van der Waals surface area contributed by atoms with Gasteiger partial charge in [0.05, 0.1) is 0 Å². The van der Waals surface area contributed by atoms with Crippen LogP contribution in [0.5, 0.6) is 0 Å². The lowest BCUT2D eigenvalue weighted by Gasteiger charge is -2.43. The number of hydrogen-bond donors (Lipinski definition) is 0. The Bertz CT molecular complexity index is 4660. The molecule has 15 aromatic carbocycles.